The van der Waals surface area contributed by atoms with Crippen LogP contribution in [0.25, 0.3) is 10.9 Å². The van der Waals surface area contributed by atoms with Crippen LogP contribution in [0.2, 0.25) is 0 Å². The van der Waals surface area contributed by atoms with Crippen molar-refractivity contribution in [3.8, 4) is 0 Å². The lowest BCUT2D eigenvalue weighted by Gasteiger charge is -2.22. The Morgan fingerprint density at radius 1 is 0.893 bits per heavy atom. The minimum Gasteiger partial charge on any atom is -0.453 e. The molecule has 28 heavy (non-hydrogen) atoms. The van der Waals surface area contributed by atoms with E-state index < -0.39 is 5.97 Å². The molecule has 3 aromatic rings. The molecule has 2 aromatic carbocycles. The molecule has 4 nitrogen and oxygen atoms in total. The molecule has 1 heterocycles. The highest BCUT2D eigenvalue weighted by Gasteiger charge is 2.17. The highest BCUT2D eigenvalue weighted by Crippen LogP contribution is 2.32. The maximum absolute atomic E-state index is 12.4. The minimum atomic E-state index is -0.585. The first kappa shape index (κ1) is 18.4. The fourth-order valence-corrected chi connectivity index (χ4v) is 3.85. The smallest absolute Gasteiger partial charge is 0.357 e. The third kappa shape index (κ3) is 4.11. The van der Waals surface area contributed by atoms with Gasteiger partial charge in [-0.2, -0.15) is 0 Å². The fourth-order valence-electron chi connectivity index (χ4n) is 3.85. The number of hydrogen-bond donors (Lipinski definition) is 0. The van der Waals surface area contributed by atoms with Crippen molar-refractivity contribution in [2.24, 2.45) is 0 Å². The summed E-state index contributed by atoms with van der Waals surface area (Å²) in [6.07, 6.45) is 6.34. The molecule has 4 heteroatoms. The molecular formula is C24H23NO3. The Balaban J connectivity index is 1.37. The second-order valence-electron chi connectivity index (χ2n) is 7.35. The Bertz CT molecular complexity index is 988. The van der Waals surface area contributed by atoms with Crippen molar-refractivity contribution >= 4 is 22.7 Å². The van der Waals surface area contributed by atoms with Gasteiger partial charge in [-0.05, 0) is 36.5 Å². The van der Waals surface area contributed by atoms with E-state index in [0.717, 1.165) is 10.9 Å². The van der Waals surface area contributed by atoms with Gasteiger partial charge in [0.15, 0.2) is 12.4 Å². The largest absolute Gasteiger partial charge is 0.453 e. The normalized spacial score (nSPS) is 14.7. The van der Waals surface area contributed by atoms with E-state index in [2.05, 4.69) is 4.98 Å². The summed E-state index contributed by atoms with van der Waals surface area (Å²) in [5, 5.41) is 0.952. The number of rotatable bonds is 5. The lowest BCUT2D eigenvalue weighted by Crippen LogP contribution is -2.15. The van der Waals surface area contributed by atoms with Gasteiger partial charge in [0, 0.05) is 10.9 Å². The summed E-state index contributed by atoms with van der Waals surface area (Å²) in [7, 11) is 0. The van der Waals surface area contributed by atoms with Gasteiger partial charge in [0.2, 0.25) is 0 Å². The van der Waals surface area contributed by atoms with Crippen LogP contribution in [0.4, 0.5) is 0 Å². The van der Waals surface area contributed by atoms with Gasteiger partial charge in [-0.15, -0.1) is 0 Å². The number of Topliss-reactive ketones (excluding diaryl/α,β-unsaturated/α-hetero) is 1. The average Bonchev–Trinajstić information content (AvgIpc) is 2.77. The summed E-state index contributed by atoms with van der Waals surface area (Å²) < 4.78 is 5.19. The van der Waals surface area contributed by atoms with Crippen LogP contribution in [0.15, 0.2) is 60.7 Å². The number of ketones is 1. The molecule has 0 unspecified atom stereocenters. The predicted octanol–water partition coefficient (Wildman–Crippen LogP) is 5.32. The number of pyridine rings is 1. The van der Waals surface area contributed by atoms with Crippen molar-refractivity contribution in [3.05, 3.63) is 77.5 Å². The molecule has 1 aliphatic rings. The molecule has 1 saturated carbocycles. The first-order valence-electron chi connectivity index (χ1n) is 9.87. The van der Waals surface area contributed by atoms with E-state index in [0.29, 0.717) is 11.5 Å². The Kier molecular flexibility index (Phi) is 5.47. The predicted molar refractivity (Wildman–Crippen MR) is 109 cm³/mol. The molecule has 1 fully saturated rings. The second kappa shape index (κ2) is 8.34. The zero-order chi connectivity index (χ0) is 19.3. The fraction of sp³-hybridized carbons (Fsp3) is 0.292. The zero-order valence-electron chi connectivity index (χ0n) is 15.8. The van der Waals surface area contributed by atoms with Crippen molar-refractivity contribution in [2.45, 2.75) is 38.0 Å². The quantitative estimate of drug-likeness (QED) is 0.448. The Labute approximate surface area is 164 Å². The number of carbonyl (C=O) groups is 2. The van der Waals surface area contributed by atoms with Crippen LogP contribution in [-0.4, -0.2) is 23.3 Å². The van der Waals surface area contributed by atoms with Crippen LogP contribution in [0, 0.1) is 0 Å². The molecule has 0 bridgehead atoms. The van der Waals surface area contributed by atoms with Gasteiger partial charge >= 0.3 is 5.97 Å². The first-order valence-corrected chi connectivity index (χ1v) is 9.87. The first-order chi connectivity index (χ1) is 13.7. The summed E-state index contributed by atoms with van der Waals surface area (Å²) in [5.74, 6) is -0.183. The van der Waals surface area contributed by atoms with E-state index in [-0.39, 0.29) is 18.1 Å². The molecule has 0 amide bonds. The van der Waals surface area contributed by atoms with Crippen LogP contribution in [0.5, 0.6) is 0 Å². The van der Waals surface area contributed by atoms with Crippen molar-refractivity contribution < 1.29 is 14.3 Å². The number of aromatic nitrogens is 1. The number of esters is 1. The van der Waals surface area contributed by atoms with E-state index in [4.69, 9.17) is 4.74 Å². The van der Waals surface area contributed by atoms with Gasteiger partial charge in [-0.3, -0.25) is 4.79 Å². The van der Waals surface area contributed by atoms with Gasteiger partial charge in [0.1, 0.15) is 5.69 Å². The minimum absolute atomic E-state index is 0.204. The number of benzene rings is 2. The van der Waals surface area contributed by atoms with E-state index in [9.17, 15) is 9.59 Å². The van der Waals surface area contributed by atoms with Crippen molar-refractivity contribution in [2.75, 3.05) is 6.61 Å². The van der Waals surface area contributed by atoms with Crippen LogP contribution < -0.4 is 0 Å². The Hall–Kier alpha value is -3.01. The number of hydrogen-bond acceptors (Lipinski definition) is 4. The Morgan fingerprint density at radius 2 is 1.64 bits per heavy atom. The lowest BCUT2D eigenvalue weighted by atomic mass is 9.84. The molecule has 0 N–H and O–H groups in total. The van der Waals surface area contributed by atoms with Gasteiger partial charge < -0.3 is 4.74 Å². The van der Waals surface area contributed by atoms with E-state index >= 15 is 0 Å². The standard InChI is InChI=1S/C24H23NO3/c26-23(20-12-10-18(11-13-20)17-6-2-1-3-7-17)16-28-24(27)22-15-14-19-8-4-5-9-21(19)25-22/h4-5,8-15,17H,1-3,6-7,16H2. The molecular weight excluding hydrogens is 350 g/mol. The topological polar surface area (TPSA) is 56.3 Å². The summed E-state index contributed by atoms with van der Waals surface area (Å²) in [6, 6.07) is 18.8. The Morgan fingerprint density at radius 3 is 2.43 bits per heavy atom. The molecule has 0 saturated heterocycles. The van der Waals surface area contributed by atoms with Gasteiger partial charge in [-0.1, -0.05) is 67.8 Å². The SMILES string of the molecule is O=C(COC(=O)c1ccc2ccccc2n1)c1ccc(C2CCCCC2)cc1. The monoisotopic (exact) mass is 373 g/mol. The second-order valence-corrected chi connectivity index (χ2v) is 7.35. The number of ether oxygens (including phenoxy) is 1. The van der Waals surface area contributed by atoms with Crippen molar-refractivity contribution in [1.82, 2.24) is 4.98 Å². The van der Waals surface area contributed by atoms with Crippen LogP contribution >= 0.6 is 0 Å². The zero-order valence-corrected chi connectivity index (χ0v) is 15.8. The van der Waals surface area contributed by atoms with Crippen LogP contribution in [0.1, 0.15) is 64.4 Å². The van der Waals surface area contributed by atoms with E-state index in [1.807, 2.05) is 54.6 Å². The lowest BCUT2D eigenvalue weighted by molar-refractivity contribution is 0.0469. The summed E-state index contributed by atoms with van der Waals surface area (Å²) >= 11 is 0. The number of fused-ring (bicyclic) bond motifs is 1. The molecule has 142 valence electrons. The summed E-state index contributed by atoms with van der Waals surface area (Å²) in [6.45, 7) is -0.282. The van der Waals surface area contributed by atoms with Gasteiger partial charge in [-0.25, -0.2) is 9.78 Å². The van der Waals surface area contributed by atoms with E-state index in [1.165, 1.54) is 37.7 Å². The van der Waals surface area contributed by atoms with Crippen LogP contribution in [-0.2, 0) is 4.74 Å². The van der Waals surface area contributed by atoms with Gasteiger partial charge in [0.25, 0.3) is 0 Å². The molecule has 0 spiro atoms. The molecule has 0 aliphatic heterocycles. The molecule has 0 atom stereocenters. The van der Waals surface area contributed by atoms with Crippen molar-refractivity contribution in [3.63, 3.8) is 0 Å². The maximum atomic E-state index is 12.4. The van der Waals surface area contributed by atoms with Gasteiger partial charge in [0.05, 0.1) is 5.52 Å². The molecule has 1 aromatic heterocycles. The molecule has 1 aliphatic carbocycles. The van der Waals surface area contributed by atoms with Crippen molar-refractivity contribution in [1.29, 1.82) is 0 Å². The maximum Gasteiger partial charge on any atom is 0.357 e. The molecule has 4 rings (SSSR count). The number of nitrogens with zero attached hydrogens (tertiary/aromatic N) is 1. The highest BCUT2D eigenvalue weighted by atomic mass is 16.5. The summed E-state index contributed by atoms with van der Waals surface area (Å²) in [5.41, 5.74) is 2.80. The summed E-state index contributed by atoms with van der Waals surface area (Å²) in [4.78, 5) is 28.9. The third-order valence-electron chi connectivity index (χ3n) is 5.45. The number of carbonyl (C=O) groups excluding carboxylic acids is 2. The van der Waals surface area contributed by atoms with Crippen LogP contribution in [0.3, 0.4) is 0 Å². The molecule has 0 radical (unpaired) electrons. The highest BCUT2D eigenvalue weighted by molar-refractivity contribution is 5.99. The third-order valence-corrected chi connectivity index (χ3v) is 5.45. The number of para-hydroxylation sites is 1. The average molecular weight is 373 g/mol. The van der Waals surface area contributed by atoms with E-state index in [1.54, 1.807) is 6.07 Å².